The van der Waals surface area contributed by atoms with E-state index in [9.17, 15) is 9.18 Å². The summed E-state index contributed by atoms with van der Waals surface area (Å²) in [6.45, 7) is 0. The molecule has 2 aromatic rings. The average molecular weight is 340 g/mol. The highest BCUT2D eigenvalue weighted by Crippen LogP contribution is 2.20. The lowest BCUT2D eigenvalue weighted by molar-refractivity contribution is -0.117. The lowest BCUT2D eigenvalue weighted by atomic mass is 10.1. The summed E-state index contributed by atoms with van der Waals surface area (Å²) in [6.07, 6.45) is 2.91. The third-order valence-corrected chi connectivity index (χ3v) is 4.45. The maximum atomic E-state index is 13.6. The Morgan fingerprint density at radius 3 is 2.95 bits per heavy atom. The first-order valence-electron chi connectivity index (χ1n) is 6.71. The van der Waals surface area contributed by atoms with Crippen LogP contribution in [0.5, 0.6) is 0 Å². The molecule has 1 aromatic carbocycles. The van der Waals surface area contributed by atoms with Crippen molar-refractivity contribution < 1.29 is 9.18 Å². The van der Waals surface area contributed by atoms with Gasteiger partial charge >= 0.3 is 0 Å². The van der Waals surface area contributed by atoms with Gasteiger partial charge in [0.1, 0.15) is 10.8 Å². The number of anilines is 1. The van der Waals surface area contributed by atoms with Crippen LogP contribution in [0.2, 0.25) is 0 Å². The van der Waals surface area contributed by atoms with Crippen molar-refractivity contribution in [1.29, 1.82) is 0 Å². The second-order valence-corrected chi connectivity index (χ2v) is 6.69. The Morgan fingerprint density at radius 1 is 1.45 bits per heavy atom. The number of benzene rings is 1. The highest BCUT2D eigenvalue weighted by Gasteiger charge is 2.15. The Bertz CT molecular complexity index is 635. The van der Waals surface area contributed by atoms with Gasteiger partial charge in [0.15, 0.2) is 0 Å². The van der Waals surface area contributed by atoms with Gasteiger partial charge in [-0.25, -0.2) is 4.39 Å². The third kappa shape index (κ3) is 4.75. The molecule has 0 aliphatic heterocycles. The van der Waals surface area contributed by atoms with Gasteiger partial charge in [-0.05, 0) is 30.1 Å². The number of aromatic nitrogens is 2. The number of hydrogen-bond acceptors (Lipinski definition) is 6. The maximum Gasteiger partial charge on any atom is 0.243 e. The molecule has 2 rings (SSSR count). The number of carbonyl (C=O) groups is 1. The third-order valence-electron chi connectivity index (χ3n) is 2.97. The van der Waals surface area contributed by atoms with Crippen molar-refractivity contribution in [2.45, 2.75) is 18.9 Å². The predicted octanol–water partition coefficient (Wildman–Crippen LogP) is 2.29. The number of carbonyl (C=O) groups excluding carboxylic acids is 1. The summed E-state index contributed by atoms with van der Waals surface area (Å²) in [7, 11) is 0. The molecule has 0 saturated carbocycles. The summed E-state index contributed by atoms with van der Waals surface area (Å²) < 4.78 is 13.6. The van der Waals surface area contributed by atoms with Gasteiger partial charge in [-0.2, -0.15) is 11.8 Å². The minimum atomic E-state index is -0.564. The first-order chi connectivity index (χ1) is 10.6. The van der Waals surface area contributed by atoms with Crippen LogP contribution in [0.1, 0.15) is 17.0 Å². The van der Waals surface area contributed by atoms with Gasteiger partial charge < -0.3 is 5.73 Å². The molecule has 0 saturated heterocycles. The Kier molecular flexibility index (Phi) is 6.29. The molecule has 0 aliphatic rings. The molecule has 118 valence electrons. The molecule has 0 aliphatic carbocycles. The molecule has 1 atom stereocenters. The number of nitrogens with two attached hydrogens (primary N) is 1. The van der Waals surface area contributed by atoms with E-state index < -0.39 is 6.04 Å². The maximum absolute atomic E-state index is 13.6. The number of halogens is 1. The van der Waals surface area contributed by atoms with Crippen LogP contribution < -0.4 is 11.1 Å². The number of amides is 1. The molecule has 22 heavy (non-hydrogen) atoms. The van der Waals surface area contributed by atoms with E-state index in [0.29, 0.717) is 28.5 Å². The molecule has 0 bridgehead atoms. The highest BCUT2D eigenvalue weighted by atomic mass is 32.2. The van der Waals surface area contributed by atoms with Gasteiger partial charge in [-0.3, -0.25) is 10.1 Å². The summed E-state index contributed by atoms with van der Waals surface area (Å²) in [5.74, 6) is 0.272. The van der Waals surface area contributed by atoms with Gasteiger partial charge in [0.05, 0.1) is 6.04 Å². The fraction of sp³-hybridized carbons (Fsp3) is 0.357. The van der Waals surface area contributed by atoms with E-state index in [-0.39, 0.29) is 11.7 Å². The summed E-state index contributed by atoms with van der Waals surface area (Å²) in [4.78, 5) is 11.9. The van der Waals surface area contributed by atoms with E-state index in [0.717, 1.165) is 5.75 Å². The van der Waals surface area contributed by atoms with Crippen LogP contribution in [0, 0.1) is 5.82 Å². The molecular weight excluding hydrogens is 323 g/mol. The quantitative estimate of drug-likeness (QED) is 0.808. The van der Waals surface area contributed by atoms with Gasteiger partial charge in [-0.15, -0.1) is 10.2 Å². The molecular formula is C14H17FN4OS2. The predicted molar refractivity (Wildman–Crippen MR) is 88.7 cm³/mol. The van der Waals surface area contributed by atoms with Crippen molar-refractivity contribution in [2.75, 3.05) is 17.3 Å². The zero-order valence-corrected chi connectivity index (χ0v) is 13.7. The van der Waals surface area contributed by atoms with Crippen molar-refractivity contribution in [3.05, 3.63) is 40.7 Å². The van der Waals surface area contributed by atoms with Gasteiger partial charge in [0.25, 0.3) is 0 Å². The number of nitrogens with one attached hydrogen (secondary N) is 1. The second kappa shape index (κ2) is 8.21. The molecule has 8 heteroatoms. The van der Waals surface area contributed by atoms with Crippen molar-refractivity contribution in [3.63, 3.8) is 0 Å². The number of nitrogens with zero attached hydrogens (tertiary/aromatic N) is 2. The summed E-state index contributed by atoms with van der Waals surface area (Å²) in [5.41, 5.74) is 6.33. The van der Waals surface area contributed by atoms with Crippen LogP contribution in [-0.2, 0) is 11.2 Å². The van der Waals surface area contributed by atoms with E-state index in [1.165, 1.54) is 17.4 Å². The van der Waals surface area contributed by atoms with Crippen LogP contribution in [0.3, 0.4) is 0 Å². The van der Waals surface area contributed by atoms with Crippen LogP contribution >= 0.6 is 23.1 Å². The first-order valence-corrected chi connectivity index (χ1v) is 8.92. The van der Waals surface area contributed by atoms with Crippen LogP contribution in [-0.4, -0.2) is 34.2 Å². The summed E-state index contributed by atoms with van der Waals surface area (Å²) in [5, 5.41) is 11.5. The lowest BCUT2D eigenvalue weighted by Crippen LogP contribution is -2.36. The van der Waals surface area contributed by atoms with Gasteiger partial charge in [0.2, 0.25) is 11.0 Å². The fourth-order valence-electron chi connectivity index (χ4n) is 1.75. The molecule has 0 spiro atoms. The number of thioether (sulfide) groups is 1. The molecule has 0 unspecified atom stereocenters. The lowest BCUT2D eigenvalue weighted by Gasteiger charge is -2.08. The molecule has 0 fully saturated rings. The topological polar surface area (TPSA) is 80.9 Å². The normalized spacial score (nSPS) is 12.1. The van der Waals surface area contributed by atoms with E-state index in [2.05, 4.69) is 15.5 Å². The standard InChI is InChI=1S/C14H17FN4OS2/c1-21-7-6-11(16)13(20)17-14-19-18-12(22-14)8-9-4-2-3-5-10(9)15/h2-5,11H,6-8,16H2,1H3,(H,17,19,20)/t11-/m0/s1. The summed E-state index contributed by atoms with van der Waals surface area (Å²) in [6, 6.07) is 5.95. The van der Waals surface area contributed by atoms with Crippen LogP contribution in [0.4, 0.5) is 9.52 Å². The Labute approximate surface area is 136 Å². The van der Waals surface area contributed by atoms with E-state index >= 15 is 0 Å². The minimum Gasteiger partial charge on any atom is -0.320 e. The molecule has 1 aromatic heterocycles. The van der Waals surface area contributed by atoms with Crippen molar-refractivity contribution in [3.8, 4) is 0 Å². The summed E-state index contributed by atoms with van der Waals surface area (Å²) >= 11 is 2.86. The van der Waals surface area contributed by atoms with E-state index in [1.54, 1.807) is 30.0 Å². The van der Waals surface area contributed by atoms with E-state index in [1.807, 2.05) is 6.26 Å². The van der Waals surface area contributed by atoms with Crippen molar-refractivity contribution >= 4 is 34.1 Å². The fourth-order valence-corrected chi connectivity index (χ4v) is 3.01. The second-order valence-electron chi connectivity index (χ2n) is 4.65. The molecule has 1 amide bonds. The van der Waals surface area contributed by atoms with Crippen molar-refractivity contribution in [2.24, 2.45) is 5.73 Å². The van der Waals surface area contributed by atoms with Crippen LogP contribution in [0.15, 0.2) is 24.3 Å². The zero-order valence-electron chi connectivity index (χ0n) is 12.1. The van der Waals surface area contributed by atoms with E-state index in [4.69, 9.17) is 5.73 Å². The highest BCUT2D eigenvalue weighted by molar-refractivity contribution is 7.98. The Morgan fingerprint density at radius 2 is 2.23 bits per heavy atom. The van der Waals surface area contributed by atoms with Crippen molar-refractivity contribution in [1.82, 2.24) is 10.2 Å². The largest absolute Gasteiger partial charge is 0.320 e. The Balaban J connectivity index is 1.94. The smallest absolute Gasteiger partial charge is 0.243 e. The monoisotopic (exact) mass is 340 g/mol. The SMILES string of the molecule is CSCC[C@H](N)C(=O)Nc1nnc(Cc2ccccc2F)s1. The Hall–Kier alpha value is -1.51. The molecule has 3 N–H and O–H groups in total. The minimum absolute atomic E-state index is 0.275. The van der Waals surface area contributed by atoms with Gasteiger partial charge in [0, 0.05) is 6.42 Å². The molecule has 5 nitrogen and oxygen atoms in total. The number of hydrogen-bond donors (Lipinski definition) is 2. The molecule has 1 heterocycles. The average Bonchev–Trinajstić information content (AvgIpc) is 2.94. The van der Waals surface area contributed by atoms with Crippen LogP contribution in [0.25, 0.3) is 0 Å². The first kappa shape index (κ1) is 16.9. The number of rotatable bonds is 7. The van der Waals surface area contributed by atoms with Gasteiger partial charge in [-0.1, -0.05) is 29.5 Å². The molecule has 0 radical (unpaired) electrons. The zero-order chi connectivity index (χ0) is 15.9.